The Morgan fingerprint density at radius 3 is 2.56 bits per heavy atom. The summed E-state index contributed by atoms with van der Waals surface area (Å²) in [6, 6.07) is 11.7. The molecule has 3 rings (SSSR count). The summed E-state index contributed by atoms with van der Waals surface area (Å²) >= 11 is 0. The summed E-state index contributed by atoms with van der Waals surface area (Å²) < 4.78 is 45.0. The van der Waals surface area contributed by atoms with Crippen LogP contribution in [-0.4, -0.2) is 15.5 Å². The number of rotatable bonds is 5. The van der Waals surface area contributed by atoms with Gasteiger partial charge in [0.1, 0.15) is 6.61 Å². The van der Waals surface area contributed by atoms with Crippen LogP contribution in [0.2, 0.25) is 0 Å². The first-order valence-corrected chi connectivity index (χ1v) is 8.11. The van der Waals surface area contributed by atoms with Crippen molar-refractivity contribution in [2.24, 2.45) is 0 Å². The Kier molecular flexibility index (Phi) is 5.25. The number of aromatic nitrogens is 2. The number of para-hydroxylation sites is 1. The lowest BCUT2D eigenvalue weighted by Gasteiger charge is -2.13. The third kappa shape index (κ3) is 4.33. The molecule has 2 aromatic carbocycles. The Balaban J connectivity index is 1.63. The minimum Gasteiger partial charge on any atom is -0.461 e. The Bertz CT molecular complexity index is 1030. The summed E-state index contributed by atoms with van der Waals surface area (Å²) in [5.41, 5.74) is -0.712. The largest absolute Gasteiger partial charge is 0.461 e. The van der Waals surface area contributed by atoms with Crippen molar-refractivity contribution < 1.29 is 22.7 Å². The van der Waals surface area contributed by atoms with E-state index in [-0.39, 0.29) is 24.1 Å². The highest BCUT2D eigenvalue weighted by Crippen LogP contribution is 2.32. The maximum absolute atomic E-state index is 12.9. The summed E-state index contributed by atoms with van der Waals surface area (Å²) in [4.78, 5) is 28.3. The number of benzene rings is 2. The zero-order chi connectivity index (χ0) is 19.4. The average Bonchev–Trinajstić information content (AvgIpc) is 2.65. The minimum absolute atomic E-state index is 0.0242. The highest BCUT2D eigenvalue weighted by Gasteiger charge is 2.33. The van der Waals surface area contributed by atoms with Crippen molar-refractivity contribution in [1.29, 1.82) is 0 Å². The van der Waals surface area contributed by atoms with Gasteiger partial charge in [0.25, 0.3) is 5.56 Å². The van der Waals surface area contributed by atoms with Crippen LogP contribution in [0.15, 0.2) is 59.7 Å². The van der Waals surface area contributed by atoms with Crippen molar-refractivity contribution in [2.45, 2.75) is 25.7 Å². The van der Waals surface area contributed by atoms with Crippen LogP contribution in [0.4, 0.5) is 13.2 Å². The zero-order valence-electron chi connectivity index (χ0n) is 14.1. The number of hydrogen-bond acceptors (Lipinski definition) is 4. The van der Waals surface area contributed by atoms with Gasteiger partial charge in [0.2, 0.25) is 0 Å². The molecule has 0 aliphatic carbocycles. The highest BCUT2D eigenvalue weighted by molar-refractivity contribution is 5.77. The number of aryl methyl sites for hydroxylation is 1. The van der Waals surface area contributed by atoms with Gasteiger partial charge >= 0.3 is 12.1 Å². The number of hydrogen-bond donors (Lipinski definition) is 0. The van der Waals surface area contributed by atoms with Gasteiger partial charge in [-0.2, -0.15) is 13.2 Å². The van der Waals surface area contributed by atoms with Gasteiger partial charge in [-0.1, -0.05) is 30.3 Å². The van der Waals surface area contributed by atoms with E-state index in [0.29, 0.717) is 10.9 Å². The molecule has 0 atom stereocenters. The number of carbonyl (C=O) groups excluding carboxylic acids is 1. The van der Waals surface area contributed by atoms with Crippen LogP contribution in [0.5, 0.6) is 0 Å². The topological polar surface area (TPSA) is 61.2 Å². The molecular formula is C19H15F3N2O3. The third-order valence-corrected chi connectivity index (χ3v) is 4.00. The fraction of sp³-hybridized carbons (Fsp3) is 0.211. The van der Waals surface area contributed by atoms with Crippen molar-refractivity contribution in [1.82, 2.24) is 9.55 Å². The van der Waals surface area contributed by atoms with Crippen LogP contribution >= 0.6 is 0 Å². The molecular weight excluding hydrogens is 361 g/mol. The first kappa shape index (κ1) is 18.6. The first-order chi connectivity index (χ1) is 12.9. The molecule has 0 unspecified atom stereocenters. The Morgan fingerprint density at radius 1 is 1.07 bits per heavy atom. The van der Waals surface area contributed by atoms with E-state index in [1.54, 1.807) is 24.3 Å². The molecule has 1 heterocycles. The van der Waals surface area contributed by atoms with Crippen molar-refractivity contribution >= 4 is 16.9 Å². The van der Waals surface area contributed by atoms with Gasteiger partial charge in [0, 0.05) is 12.1 Å². The van der Waals surface area contributed by atoms with Crippen LogP contribution in [-0.2, 0) is 28.9 Å². The SMILES string of the molecule is O=C(CCn1cnc2ccccc2c1=O)OCc1ccccc1C(F)(F)F. The van der Waals surface area contributed by atoms with Gasteiger partial charge in [-0.25, -0.2) is 4.98 Å². The second kappa shape index (κ2) is 7.61. The number of alkyl halides is 3. The monoisotopic (exact) mass is 376 g/mol. The van der Waals surface area contributed by atoms with Crippen molar-refractivity contribution in [3.8, 4) is 0 Å². The first-order valence-electron chi connectivity index (χ1n) is 8.11. The molecule has 0 aliphatic rings. The maximum Gasteiger partial charge on any atom is 0.416 e. The van der Waals surface area contributed by atoms with Crippen LogP contribution < -0.4 is 5.56 Å². The standard InChI is InChI=1S/C19H15F3N2O3/c20-19(21,22)15-7-3-1-5-13(15)11-27-17(25)9-10-24-12-23-16-8-4-2-6-14(16)18(24)26/h1-8,12H,9-11H2. The number of fused-ring (bicyclic) bond motifs is 1. The quantitative estimate of drug-likeness (QED) is 0.639. The van der Waals surface area contributed by atoms with Gasteiger partial charge in [-0.3, -0.25) is 14.2 Å². The van der Waals surface area contributed by atoms with Crippen LogP contribution in [0, 0.1) is 0 Å². The maximum atomic E-state index is 12.9. The molecule has 0 N–H and O–H groups in total. The fourth-order valence-electron chi connectivity index (χ4n) is 2.63. The molecule has 1 aromatic heterocycles. The van der Waals surface area contributed by atoms with E-state index < -0.39 is 24.3 Å². The second-order valence-corrected chi connectivity index (χ2v) is 5.83. The molecule has 27 heavy (non-hydrogen) atoms. The summed E-state index contributed by atoms with van der Waals surface area (Å²) in [5, 5.41) is 0.424. The van der Waals surface area contributed by atoms with Gasteiger partial charge < -0.3 is 4.74 Å². The molecule has 0 saturated heterocycles. The highest BCUT2D eigenvalue weighted by atomic mass is 19.4. The summed E-state index contributed by atoms with van der Waals surface area (Å²) in [5.74, 6) is -0.702. The Morgan fingerprint density at radius 2 is 1.78 bits per heavy atom. The lowest BCUT2D eigenvalue weighted by atomic mass is 10.1. The molecule has 0 aliphatic heterocycles. The van der Waals surface area contributed by atoms with Crippen LogP contribution in [0.1, 0.15) is 17.5 Å². The predicted octanol–water partition coefficient (Wildman–Crippen LogP) is 3.55. The number of ether oxygens (including phenoxy) is 1. The van der Waals surface area contributed by atoms with Gasteiger partial charge in [-0.15, -0.1) is 0 Å². The van der Waals surface area contributed by atoms with E-state index in [4.69, 9.17) is 4.74 Å². The molecule has 5 nitrogen and oxygen atoms in total. The Labute approximate surface area is 152 Å². The molecule has 0 bridgehead atoms. The van der Waals surface area contributed by atoms with E-state index in [1.807, 2.05) is 0 Å². The van der Waals surface area contributed by atoms with E-state index >= 15 is 0 Å². The third-order valence-electron chi connectivity index (χ3n) is 4.00. The van der Waals surface area contributed by atoms with Crippen molar-refractivity contribution in [3.63, 3.8) is 0 Å². The molecule has 0 radical (unpaired) electrons. The summed E-state index contributed by atoms with van der Waals surface area (Å²) in [7, 11) is 0. The molecule has 0 fully saturated rings. The normalized spacial score (nSPS) is 11.5. The summed E-state index contributed by atoms with van der Waals surface area (Å²) in [6.07, 6.45) is -3.35. The van der Waals surface area contributed by atoms with Crippen LogP contribution in [0.25, 0.3) is 10.9 Å². The van der Waals surface area contributed by atoms with Gasteiger partial charge in [-0.05, 0) is 18.2 Å². The van der Waals surface area contributed by atoms with E-state index in [2.05, 4.69) is 4.98 Å². The van der Waals surface area contributed by atoms with E-state index in [9.17, 15) is 22.8 Å². The molecule has 3 aromatic rings. The second-order valence-electron chi connectivity index (χ2n) is 5.83. The average molecular weight is 376 g/mol. The fourth-order valence-corrected chi connectivity index (χ4v) is 2.63. The lowest BCUT2D eigenvalue weighted by Crippen LogP contribution is -2.22. The number of esters is 1. The molecule has 140 valence electrons. The number of nitrogens with zero attached hydrogens (tertiary/aromatic N) is 2. The van der Waals surface area contributed by atoms with Crippen molar-refractivity contribution in [2.75, 3.05) is 0 Å². The van der Waals surface area contributed by atoms with Crippen LogP contribution in [0.3, 0.4) is 0 Å². The Hall–Kier alpha value is -3.16. The molecule has 0 spiro atoms. The summed E-state index contributed by atoms with van der Waals surface area (Å²) in [6.45, 7) is -0.462. The zero-order valence-corrected chi connectivity index (χ0v) is 14.1. The minimum atomic E-state index is -4.52. The van der Waals surface area contributed by atoms with Gasteiger partial charge in [0.15, 0.2) is 0 Å². The smallest absolute Gasteiger partial charge is 0.416 e. The number of halogens is 3. The predicted molar refractivity (Wildman–Crippen MR) is 91.9 cm³/mol. The van der Waals surface area contributed by atoms with Gasteiger partial charge in [0.05, 0.1) is 29.2 Å². The van der Waals surface area contributed by atoms with Crippen molar-refractivity contribution in [3.05, 3.63) is 76.3 Å². The van der Waals surface area contributed by atoms with E-state index in [1.165, 1.54) is 29.1 Å². The molecule has 0 saturated carbocycles. The molecule has 8 heteroatoms. The molecule has 0 amide bonds. The number of carbonyl (C=O) groups is 1. The lowest BCUT2D eigenvalue weighted by molar-refractivity contribution is -0.148. The van der Waals surface area contributed by atoms with E-state index in [0.717, 1.165) is 6.07 Å².